The first kappa shape index (κ1) is 17.6. The lowest BCUT2D eigenvalue weighted by Gasteiger charge is -2.07. The van der Waals surface area contributed by atoms with Gasteiger partial charge in [0.2, 0.25) is 0 Å². The van der Waals surface area contributed by atoms with E-state index in [9.17, 15) is 15.4 Å². The highest BCUT2D eigenvalue weighted by molar-refractivity contribution is 6.31. The summed E-state index contributed by atoms with van der Waals surface area (Å²) in [6.45, 7) is 0. The average Bonchev–Trinajstić information content (AvgIpc) is 3.01. The Balaban J connectivity index is 1.82. The first-order chi connectivity index (χ1) is 12.5. The number of nitrogens with zero attached hydrogens (tertiary/aromatic N) is 5. The number of hydrogen-bond donors (Lipinski definition) is 0. The van der Waals surface area contributed by atoms with Gasteiger partial charge in [-0.15, -0.1) is 10.2 Å². The predicted molar refractivity (Wildman–Crippen MR) is 96.7 cm³/mol. The molecule has 0 bridgehead atoms. The number of non-ortho nitro benzene ring substituents is 1. The molecule has 0 atom stereocenters. The lowest BCUT2D eigenvalue weighted by Crippen LogP contribution is -2.03. The van der Waals surface area contributed by atoms with E-state index in [-0.39, 0.29) is 5.69 Å². The van der Waals surface area contributed by atoms with E-state index in [1.54, 1.807) is 30.3 Å². The summed E-state index contributed by atoms with van der Waals surface area (Å²) < 4.78 is 1.84. The highest BCUT2D eigenvalue weighted by atomic mass is 35.5. The second-order valence-electron chi connectivity index (χ2n) is 5.68. The molecule has 0 spiro atoms. The topological polar surface area (TPSA) is 97.6 Å². The number of nitro benzene ring substituents is 1. The molecule has 0 radical (unpaired) electrons. The Hall–Kier alpha value is -3.24. The number of benzene rings is 2. The maximum atomic E-state index is 10.8. The van der Waals surface area contributed by atoms with Crippen molar-refractivity contribution in [3.8, 4) is 17.5 Å². The molecule has 1 aromatic heterocycles. The molecule has 3 aromatic rings. The van der Waals surface area contributed by atoms with Crippen molar-refractivity contribution in [1.29, 1.82) is 5.26 Å². The van der Waals surface area contributed by atoms with Crippen molar-refractivity contribution in [1.82, 2.24) is 14.8 Å². The van der Waals surface area contributed by atoms with E-state index in [4.69, 9.17) is 11.6 Å². The van der Waals surface area contributed by atoms with E-state index in [0.717, 1.165) is 17.0 Å². The van der Waals surface area contributed by atoms with Gasteiger partial charge in [0, 0.05) is 36.2 Å². The summed E-state index contributed by atoms with van der Waals surface area (Å²) in [4.78, 5) is 10.3. The van der Waals surface area contributed by atoms with E-state index < -0.39 is 4.92 Å². The van der Waals surface area contributed by atoms with Gasteiger partial charge in [-0.05, 0) is 36.2 Å². The van der Waals surface area contributed by atoms with E-state index in [1.807, 2.05) is 11.6 Å². The van der Waals surface area contributed by atoms with E-state index in [1.165, 1.54) is 12.1 Å². The molecule has 0 saturated carbocycles. The van der Waals surface area contributed by atoms with Gasteiger partial charge < -0.3 is 4.57 Å². The fraction of sp³-hybridized carbons (Fsp3) is 0.167. The van der Waals surface area contributed by atoms with Crippen molar-refractivity contribution in [2.75, 3.05) is 0 Å². The van der Waals surface area contributed by atoms with Crippen LogP contribution in [0.1, 0.15) is 17.0 Å². The van der Waals surface area contributed by atoms with Crippen LogP contribution in [0, 0.1) is 21.4 Å². The van der Waals surface area contributed by atoms with Crippen LogP contribution in [0.25, 0.3) is 11.4 Å². The fourth-order valence-electron chi connectivity index (χ4n) is 2.72. The van der Waals surface area contributed by atoms with E-state index >= 15 is 0 Å². The van der Waals surface area contributed by atoms with Crippen LogP contribution in [0.5, 0.6) is 0 Å². The van der Waals surface area contributed by atoms with Crippen molar-refractivity contribution >= 4 is 17.3 Å². The Labute approximate surface area is 154 Å². The maximum Gasteiger partial charge on any atom is 0.269 e. The van der Waals surface area contributed by atoms with Crippen molar-refractivity contribution in [2.45, 2.75) is 12.8 Å². The number of nitro groups is 1. The minimum atomic E-state index is -0.442. The van der Waals surface area contributed by atoms with Gasteiger partial charge in [-0.3, -0.25) is 10.1 Å². The summed E-state index contributed by atoms with van der Waals surface area (Å²) in [5.41, 5.74) is 2.11. The Morgan fingerprint density at radius 2 is 1.92 bits per heavy atom. The number of hydrogen-bond acceptors (Lipinski definition) is 5. The minimum absolute atomic E-state index is 0.0268. The van der Waals surface area contributed by atoms with Crippen LogP contribution in [0.4, 0.5) is 5.69 Å². The third-order valence-corrected chi connectivity index (χ3v) is 4.49. The van der Waals surface area contributed by atoms with Crippen LogP contribution in [-0.2, 0) is 19.9 Å². The molecule has 0 aliphatic heterocycles. The van der Waals surface area contributed by atoms with Gasteiger partial charge in [-0.1, -0.05) is 17.7 Å². The molecule has 130 valence electrons. The monoisotopic (exact) mass is 367 g/mol. The van der Waals surface area contributed by atoms with Gasteiger partial charge in [-0.25, -0.2) is 0 Å². The zero-order valence-corrected chi connectivity index (χ0v) is 14.6. The molecular weight excluding hydrogens is 354 g/mol. The summed E-state index contributed by atoms with van der Waals surface area (Å²) in [5, 5.41) is 28.9. The molecule has 0 aliphatic rings. The second-order valence-corrected chi connectivity index (χ2v) is 6.09. The van der Waals surface area contributed by atoms with Crippen LogP contribution >= 0.6 is 11.6 Å². The molecule has 0 saturated heterocycles. The third kappa shape index (κ3) is 3.41. The molecule has 1 heterocycles. The highest BCUT2D eigenvalue weighted by Crippen LogP contribution is 2.23. The van der Waals surface area contributed by atoms with Crippen LogP contribution in [0.2, 0.25) is 5.02 Å². The number of rotatable bonds is 5. The maximum absolute atomic E-state index is 10.8. The quantitative estimate of drug-likeness (QED) is 0.505. The largest absolute Gasteiger partial charge is 0.314 e. The molecule has 0 amide bonds. The average molecular weight is 368 g/mol. The van der Waals surface area contributed by atoms with Crippen molar-refractivity contribution in [3.05, 3.63) is 74.6 Å². The molecule has 7 nitrogen and oxygen atoms in total. The number of aryl methyl sites for hydroxylation is 1. The summed E-state index contributed by atoms with van der Waals surface area (Å²) >= 11 is 6.21. The Morgan fingerprint density at radius 1 is 1.19 bits per heavy atom. The van der Waals surface area contributed by atoms with Crippen molar-refractivity contribution < 1.29 is 4.92 Å². The van der Waals surface area contributed by atoms with E-state index in [0.29, 0.717) is 29.3 Å². The van der Waals surface area contributed by atoms with Crippen molar-refractivity contribution in [3.63, 3.8) is 0 Å². The molecule has 3 rings (SSSR count). The number of aromatic nitrogens is 3. The molecule has 0 aliphatic carbocycles. The molecule has 26 heavy (non-hydrogen) atoms. The first-order valence-corrected chi connectivity index (χ1v) is 8.19. The van der Waals surface area contributed by atoms with Crippen LogP contribution < -0.4 is 0 Å². The van der Waals surface area contributed by atoms with Crippen LogP contribution in [0.15, 0.2) is 42.5 Å². The predicted octanol–water partition coefficient (Wildman–Crippen LogP) is 3.70. The Morgan fingerprint density at radius 3 is 2.58 bits per heavy atom. The van der Waals surface area contributed by atoms with Crippen LogP contribution in [0.3, 0.4) is 0 Å². The second kappa shape index (κ2) is 7.33. The standard InChI is InChI=1S/C18H14ClN5O2/c1-23-17(10-9-15-13(11-20)3-2-4-16(15)19)21-22-18(23)12-5-7-14(8-6-12)24(25)26/h2-8H,9-10H2,1H3. The first-order valence-electron chi connectivity index (χ1n) is 7.82. The molecule has 0 N–H and O–H groups in total. The summed E-state index contributed by atoms with van der Waals surface area (Å²) in [6, 6.07) is 13.6. The Bertz CT molecular complexity index is 1010. The van der Waals surface area contributed by atoms with E-state index in [2.05, 4.69) is 16.3 Å². The van der Waals surface area contributed by atoms with Gasteiger partial charge in [0.15, 0.2) is 5.82 Å². The highest BCUT2D eigenvalue weighted by Gasteiger charge is 2.14. The zero-order chi connectivity index (χ0) is 18.7. The lowest BCUT2D eigenvalue weighted by molar-refractivity contribution is -0.384. The summed E-state index contributed by atoms with van der Waals surface area (Å²) in [5.74, 6) is 1.36. The van der Waals surface area contributed by atoms with Crippen LogP contribution in [-0.4, -0.2) is 19.7 Å². The molecule has 2 aromatic carbocycles. The third-order valence-electron chi connectivity index (χ3n) is 4.14. The molecule has 0 fully saturated rings. The van der Waals surface area contributed by atoms with Gasteiger partial charge in [-0.2, -0.15) is 5.26 Å². The lowest BCUT2D eigenvalue weighted by atomic mass is 10.0. The molecule has 0 unspecified atom stereocenters. The van der Waals surface area contributed by atoms with Gasteiger partial charge in [0.05, 0.1) is 16.6 Å². The van der Waals surface area contributed by atoms with Gasteiger partial charge in [0.1, 0.15) is 5.82 Å². The number of halogens is 1. The normalized spacial score (nSPS) is 10.5. The van der Waals surface area contributed by atoms with Gasteiger partial charge in [0.25, 0.3) is 5.69 Å². The fourth-order valence-corrected chi connectivity index (χ4v) is 2.99. The zero-order valence-electron chi connectivity index (χ0n) is 13.9. The summed E-state index contributed by atoms with van der Waals surface area (Å²) in [6.07, 6.45) is 1.13. The number of nitriles is 1. The SMILES string of the molecule is Cn1c(CCc2c(Cl)cccc2C#N)nnc1-c1ccc([N+](=O)[O-])cc1. The van der Waals surface area contributed by atoms with Gasteiger partial charge >= 0.3 is 0 Å². The van der Waals surface area contributed by atoms with Crippen molar-refractivity contribution in [2.24, 2.45) is 7.05 Å². The Kier molecular flexibility index (Phi) is 4.96. The minimum Gasteiger partial charge on any atom is -0.314 e. The summed E-state index contributed by atoms with van der Waals surface area (Å²) in [7, 11) is 1.84. The molecular formula is C18H14ClN5O2. The molecule has 8 heteroatoms. The smallest absolute Gasteiger partial charge is 0.269 e.